The molecule has 22 heavy (non-hydrogen) atoms. The van der Waals surface area contributed by atoms with Crippen LogP contribution in [0.3, 0.4) is 0 Å². The van der Waals surface area contributed by atoms with Crippen LogP contribution in [-0.4, -0.2) is 38.2 Å². The van der Waals surface area contributed by atoms with Crippen LogP contribution in [0.15, 0.2) is 36.3 Å². The molecule has 1 aliphatic heterocycles. The zero-order valence-electron chi connectivity index (χ0n) is 12.1. The molecule has 0 atom stereocenters. The number of ether oxygens (including phenoxy) is 3. The van der Waals surface area contributed by atoms with Crippen LogP contribution in [0.25, 0.3) is 0 Å². The van der Waals surface area contributed by atoms with E-state index >= 15 is 0 Å². The molecule has 0 spiro atoms. The first-order valence-corrected chi connectivity index (χ1v) is 6.79. The molecule has 0 aliphatic carbocycles. The average molecular weight is 309 g/mol. The minimum Gasteiger partial charge on any atom is -0.494 e. The van der Waals surface area contributed by atoms with Crippen LogP contribution in [0.5, 0.6) is 0 Å². The second-order valence-electron chi connectivity index (χ2n) is 4.37. The monoisotopic (exact) mass is 309 g/mol. The van der Waals surface area contributed by atoms with Crippen LogP contribution in [0.2, 0.25) is 0 Å². The summed E-state index contributed by atoms with van der Waals surface area (Å²) in [7, 11) is 0. The first-order chi connectivity index (χ1) is 10.6. The molecule has 1 aromatic rings. The van der Waals surface area contributed by atoms with E-state index in [2.05, 4.69) is 0 Å². The molecule has 0 saturated carbocycles. The van der Waals surface area contributed by atoms with Crippen molar-refractivity contribution in [1.82, 2.24) is 0 Å². The summed E-state index contributed by atoms with van der Waals surface area (Å²) in [4.78, 5) is 25.3. The summed E-state index contributed by atoms with van der Waals surface area (Å²) in [5.41, 5.74) is 0.356. The highest BCUT2D eigenvalue weighted by atomic mass is 19.1. The molecule has 1 aromatic carbocycles. The van der Waals surface area contributed by atoms with Gasteiger partial charge in [0, 0.05) is 5.69 Å². The van der Waals surface area contributed by atoms with Gasteiger partial charge in [0.25, 0.3) is 5.91 Å². The van der Waals surface area contributed by atoms with Crippen molar-refractivity contribution in [2.75, 3.05) is 31.3 Å². The Kier molecular flexibility index (Phi) is 5.35. The van der Waals surface area contributed by atoms with Gasteiger partial charge in [0.1, 0.15) is 31.8 Å². The van der Waals surface area contributed by atoms with Gasteiger partial charge in [0.15, 0.2) is 0 Å². The Hall–Kier alpha value is -2.57. The minimum atomic E-state index is -0.572. The molecule has 0 N–H and O–H groups in total. The predicted molar refractivity (Wildman–Crippen MR) is 75.4 cm³/mol. The van der Waals surface area contributed by atoms with E-state index < -0.39 is 17.7 Å². The molecular formula is C15H16FNO5. The van der Waals surface area contributed by atoms with E-state index in [1.165, 1.54) is 30.5 Å². The van der Waals surface area contributed by atoms with Gasteiger partial charge in [-0.1, -0.05) is 0 Å². The van der Waals surface area contributed by atoms with Crippen LogP contribution in [0.4, 0.5) is 10.1 Å². The highest BCUT2D eigenvalue weighted by molar-refractivity contribution is 6.06. The van der Waals surface area contributed by atoms with Crippen molar-refractivity contribution in [2.45, 2.75) is 6.92 Å². The highest BCUT2D eigenvalue weighted by Crippen LogP contribution is 2.19. The van der Waals surface area contributed by atoms with E-state index in [-0.39, 0.29) is 25.5 Å². The quantitative estimate of drug-likeness (QED) is 0.773. The van der Waals surface area contributed by atoms with E-state index in [1.807, 2.05) is 0 Å². The van der Waals surface area contributed by atoms with Crippen molar-refractivity contribution in [3.05, 3.63) is 42.1 Å². The van der Waals surface area contributed by atoms with Crippen LogP contribution in [0.1, 0.15) is 6.92 Å². The zero-order valence-corrected chi connectivity index (χ0v) is 12.1. The van der Waals surface area contributed by atoms with Gasteiger partial charge in [0.05, 0.1) is 6.61 Å². The highest BCUT2D eigenvalue weighted by Gasteiger charge is 2.26. The molecule has 1 amide bonds. The lowest BCUT2D eigenvalue weighted by Crippen LogP contribution is -2.38. The summed E-state index contributed by atoms with van der Waals surface area (Å²) in [5.74, 6) is -1.58. The van der Waals surface area contributed by atoms with Gasteiger partial charge in [-0.3, -0.25) is 14.5 Å². The van der Waals surface area contributed by atoms with Gasteiger partial charge in [0.2, 0.25) is 5.76 Å². The standard InChI is InChI=1S/C15H16FNO5/c1-2-21-14(18)9-17(12-5-3-11(16)4-6-12)15(19)13-10-20-7-8-22-13/h3-6,10H,2,7-9H2,1H3. The number of esters is 1. The van der Waals surface area contributed by atoms with Gasteiger partial charge in [-0.2, -0.15) is 0 Å². The Morgan fingerprint density at radius 1 is 1.27 bits per heavy atom. The Labute approximate surface area is 127 Å². The normalized spacial score (nSPS) is 13.5. The third-order valence-corrected chi connectivity index (χ3v) is 2.84. The van der Waals surface area contributed by atoms with Crippen LogP contribution in [0, 0.1) is 5.82 Å². The minimum absolute atomic E-state index is 0.0140. The molecule has 0 aromatic heterocycles. The lowest BCUT2D eigenvalue weighted by molar-refractivity contribution is -0.142. The summed E-state index contributed by atoms with van der Waals surface area (Å²) in [6, 6.07) is 5.20. The lowest BCUT2D eigenvalue weighted by Gasteiger charge is -2.24. The van der Waals surface area contributed by atoms with Gasteiger partial charge < -0.3 is 14.2 Å². The number of halogens is 1. The summed E-state index contributed by atoms with van der Waals surface area (Å²) in [6.07, 6.45) is 1.20. The maximum absolute atomic E-state index is 13.0. The van der Waals surface area contributed by atoms with Crippen molar-refractivity contribution in [3.8, 4) is 0 Å². The summed E-state index contributed by atoms with van der Waals surface area (Å²) in [6.45, 7) is 2.16. The number of amides is 1. The summed E-state index contributed by atoms with van der Waals surface area (Å²) in [5, 5.41) is 0. The van der Waals surface area contributed by atoms with E-state index in [0.717, 1.165) is 4.90 Å². The molecule has 6 nitrogen and oxygen atoms in total. The lowest BCUT2D eigenvalue weighted by atomic mass is 10.2. The second kappa shape index (κ2) is 7.44. The van der Waals surface area contributed by atoms with E-state index in [1.54, 1.807) is 6.92 Å². The SMILES string of the molecule is CCOC(=O)CN(C(=O)C1=COCCO1)c1ccc(F)cc1. The summed E-state index contributed by atoms with van der Waals surface area (Å²) >= 11 is 0. The summed E-state index contributed by atoms with van der Waals surface area (Å²) < 4.78 is 28.2. The molecule has 0 saturated heterocycles. The van der Waals surface area contributed by atoms with Crippen molar-refractivity contribution in [3.63, 3.8) is 0 Å². The Morgan fingerprint density at radius 2 is 2.00 bits per heavy atom. The van der Waals surface area contributed by atoms with Crippen LogP contribution < -0.4 is 4.90 Å². The van der Waals surface area contributed by atoms with Gasteiger partial charge in [-0.25, -0.2) is 4.39 Å². The first-order valence-electron chi connectivity index (χ1n) is 6.79. The van der Waals surface area contributed by atoms with Crippen molar-refractivity contribution in [2.24, 2.45) is 0 Å². The Bertz CT molecular complexity index is 570. The third-order valence-electron chi connectivity index (χ3n) is 2.84. The molecule has 0 fully saturated rings. The zero-order chi connectivity index (χ0) is 15.9. The fourth-order valence-corrected chi connectivity index (χ4v) is 1.85. The van der Waals surface area contributed by atoms with Crippen LogP contribution in [-0.2, 0) is 23.8 Å². The Balaban J connectivity index is 2.23. The molecular weight excluding hydrogens is 293 g/mol. The molecule has 0 unspecified atom stereocenters. The molecule has 2 rings (SSSR count). The second-order valence-corrected chi connectivity index (χ2v) is 4.37. The number of hydrogen-bond donors (Lipinski definition) is 0. The number of carbonyl (C=O) groups excluding carboxylic acids is 2. The van der Waals surface area contributed by atoms with E-state index in [4.69, 9.17) is 14.2 Å². The van der Waals surface area contributed by atoms with E-state index in [0.29, 0.717) is 12.3 Å². The molecule has 7 heteroatoms. The van der Waals surface area contributed by atoms with Crippen molar-refractivity contribution < 1.29 is 28.2 Å². The molecule has 0 radical (unpaired) electrons. The molecule has 1 heterocycles. The number of rotatable bonds is 5. The van der Waals surface area contributed by atoms with Crippen molar-refractivity contribution in [1.29, 1.82) is 0 Å². The number of hydrogen-bond acceptors (Lipinski definition) is 5. The topological polar surface area (TPSA) is 65.1 Å². The van der Waals surface area contributed by atoms with E-state index in [9.17, 15) is 14.0 Å². The average Bonchev–Trinajstić information content (AvgIpc) is 2.54. The largest absolute Gasteiger partial charge is 0.494 e. The fraction of sp³-hybridized carbons (Fsp3) is 0.333. The molecule has 0 bridgehead atoms. The number of anilines is 1. The number of carbonyl (C=O) groups is 2. The Morgan fingerprint density at radius 3 is 2.59 bits per heavy atom. The smallest absolute Gasteiger partial charge is 0.326 e. The van der Waals surface area contributed by atoms with Crippen LogP contribution >= 0.6 is 0 Å². The first kappa shape index (κ1) is 15.8. The number of nitrogens with zero attached hydrogens (tertiary/aromatic N) is 1. The molecule has 1 aliphatic rings. The fourth-order valence-electron chi connectivity index (χ4n) is 1.85. The van der Waals surface area contributed by atoms with Gasteiger partial charge in [-0.15, -0.1) is 0 Å². The predicted octanol–water partition coefficient (Wildman–Crippen LogP) is 1.61. The number of benzene rings is 1. The van der Waals surface area contributed by atoms with Gasteiger partial charge >= 0.3 is 5.97 Å². The third kappa shape index (κ3) is 3.97. The van der Waals surface area contributed by atoms with Crippen molar-refractivity contribution >= 4 is 17.6 Å². The maximum Gasteiger partial charge on any atom is 0.326 e. The maximum atomic E-state index is 13.0. The van der Waals surface area contributed by atoms with Gasteiger partial charge in [-0.05, 0) is 31.2 Å². The molecule has 118 valence electrons.